The number of carbonyl (C=O) groups is 4. The summed E-state index contributed by atoms with van der Waals surface area (Å²) in [6.45, 7) is -0.0323. The Morgan fingerprint density at radius 3 is 2.81 bits per heavy atom. The van der Waals surface area contributed by atoms with Crippen LogP contribution < -0.4 is 15.9 Å². The van der Waals surface area contributed by atoms with Crippen molar-refractivity contribution < 1.29 is 28.3 Å². The lowest BCUT2D eigenvalue weighted by Crippen LogP contribution is -2.55. The molecule has 0 bridgehead atoms. The van der Waals surface area contributed by atoms with Gasteiger partial charge in [0, 0.05) is 23.9 Å². The van der Waals surface area contributed by atoms with E-state index in [2.05, 4.69) is 10.4 Å². The largest absolute Gasteiger partial charge is 0.496 e. The summed E-state index contributed by atoms with van der Waals surface area (Å²) in [5.74, 6) is -2.48. The normalized spacial score (nSPS) is 16.6. The number of rotatable bonds is 7. The second kappa shape index (κ2) is 9.86. The monoisotopic (exact) mass is 467 g/mol. The lowest BCUT2D eigenvalue weighted by Gasteiger charge is -2.28. The average molecular weight is 468 g/mol. The minimum absolute atomic E-state index is 0.274. The molecule has 2 aromatic rings. The smallest absolute Gasteiger partial charge is 0.291 e. The number of alkyl halides is 2. The van der Waals surface area contributed by atoms with Gasteiger partial charge in [0.25, 0.3) is 23.4 Å². The number of hydrogen-bond acceptors (Lipinski definition) is 5. The van der Waals surface area contributed by atoms with Crippen LogP contribution in [-0.2, 0) is 14.4 Å². The second-order valence-electron chi connectivity index (χ2n) is 7.24. The molecule has 12 heteroatoms. The zero-order valence-corrected chi connectivity index (χ0v) is 18.0. The molecular weight excluding hydrogens is 445 g/mol. The molecule has 1 aliphatic heterocycles. The van der Waals surface area contributed by atoms with Crippen LogP contribution in [0.1, 0.15) is 29.8 Å². The molecule has 1 saturated heterocycles. The molecule has 1 aromatic heterocycles. The van der Waals surface area contributed by atoms with Crippen molar-refractivity contribution in [1.82, 2.24) is 20.3 Å². The minimum Gasteiger partial charge on any atom is -0.496 e. The summed E-state index contributed by atoms with van der Waals surface area (Å²) in [7, 11) is 1.53. The molecule has 0 radical (unpaired) electrons. The van der Waals surface area contributed by atoms with Crippen molar-refractivity contribution in [3.05, 3.63) is 30.0 Å². The van der Waals surface area contributed by atoms with Gasteiger partial charge in [-0.2, -0.15) is 0 Å². The Morgan fingerprint density at radius 2 is 2.16 bits per heavy atom. The van der Waals surface area contributed by atoms with E-state index in [0.29, 0.717) is 35.7 Å². The van der Waals surface area contributed by atoms with Gasteiger partial charge in [0.1, 0.15) is 17.5 Å². The fourth-order valence-electron chi connectivity index (χ4n) is 3.63. The Labute approximate surface area is 187 Å². The van der Waals surface area contributed by atoms with Crippen LogP contribution >= 0.6 is 11.6 Å². The SMILES string of the molecule is COc1cccc2[nH]c(C(=O)N3CCC[C@H]3C(=O)NN(CCC(N)=O)C(=O)C(F)Cl)cc12. The Hall–Kier alpha value is -3.34. The molecule has 0 saturated carbocycles. The number of halogens is 2. The number of likely N-dealkylation sites (tertiary alicyclic amines) is 1. The summed E-state index contributed by atoms with van der Waals surface area (Å²) < 4.78 is 18.6. The maximum Gasteiger partial charge on any atom is 0.291 e. The number of nitrogens with zero attached hydrogens (tertiary/aromatic N) is 2. The average Bonchev–Trinajstić information content (AvgIpc) is 3.42. The molecule has 1 aliphatic rings. The van der Waals surface area contributed by atoms with Crippen LogP contribution in [0.4, 0.5) is 4.39 Å². The van der Waals surface area contributed by atoms with Crippen LogP contribution in [0.2, 0.25) is 0 Å². The van der Waals surface area contributed by atoms with Gasteiger partial charge in [-0.05, 0) is 31.0 Å². The lowest BCUT2D eigenvalue weighted by atomic mass is 10.2. The molecule has 2 heterocycles. The maximum absolute atomic E-state index is 13.3. The van der Waals surface area contributed by atoms with Crippen LogP contribution in [-0.4, -0.2) is 70.4 Å². The summed E-state index contributed by atoms with van der Waals surface area (Å²) in [4.78, 5) is 53.4. The lowest BCUT2D eigenvalue weighted by molar-refractivity contribution is -0.145. The second-order valence-corrected chi connectivity index (χ2v) is 7.63. The highest BCUT2D eigenvalue weighted by molar-refractivity contribution is 6.29. The molecule has 1 aromatic carbocycles. The van der Waals surface area contributed by atoms with Crippen LogP contribution in [0.3, 0.4) is 0 Å². The number of primary amides is 1. The molecule has 32 heavy (non-hydrogen) atoms. The van der Waals surface area contributed by atoms with Crippen molar-refractivity contribution >= 4 is 46.1 Å². The van der Waals surface area contributed by atoms with Gasteiger partial charge in [0.05, 0.1) is 13.7 Å². The first-order valence-electron chi connectivity index (χ1n) is 9.88. The van der Waals surface area contributed by atoms with Gasteiger partial charge >= 0.3 is 0 Å². The van der Waals surface area contributed by atoms with Crippen LogP contribution in [0.5, 0.6) is 5.75 Å². The number of methoxy groups -OCH3 is 1. The van der Waals surface area contributed by atoms with E-state index < -0.39 is 35.3 Å². The third-order valence-electron chi connectivity index (χ3n) is 5.17. The van der Waals surface area contributed by atoms with Gasteiger partial charge < -0.3 is 20.4 Å². The maximum atomic E-state index is 13.3. The standard InChI is InChI=1S/C20H23ClFN5O5/c1-32-15-6-2-4-12-11(15)10-13(24-12)19(30)26-8-3-5-14(26)18(29)25-27(9-7-16(23)28)20(31)17(21)22/h2,4,6,10,14,17,24H,3,5,7-9H2,1H3,(H2,23,28)(H,25,29)/t14-,17?/m0/s1. The first-order chi connectivity index (χ1) is 15.2. The van der Waals surface area contributed by atoms with Crippen molar-refractivity contribution in [2.24, 2.45) is 5.73 Å². The third-order valence-corrected chi connectivity index (χ3v) is 5.36. The fraction of sp³-hybridized carbons (Fsp3) is 0.400. The predicted molar refractivity (Wildman–Crippen MR) is 113 cm³/mol. The van der Waals surface area contributed by atoms with E-state index in [-0.39, 0.29) is 18.7 Å². The van der Waals surface area contributed by atoms with E-state index in [0.717, 1.165) is 5.39 Å². The van der Waals surface area contributed by atoms with E-state index in [9.17, 15) is 23.6 Å². The highest BCUT2D eigenvalue weighted by atomic mass is 35.5. The van der Waals surface area contributed by atoms with Crippen molar-refractivity contribution in [3.63, 3.8) is 0 Å². The van der Waals surface area contributed by atoms with Crippen molar-refractivity contribution in [2.45, 2.75) is 30.9 Å². The Kier molecular flexibility index (Phi) is 7.18. The number of hydrogen-bond donors (Lipinski definition) is 3. The number of ether oxygens (including phenoxy) is 1. The number of aromatic nitrogens is 1. The first kappa shape index (κ1) is 23.3. The Balaban J connectivity index is 1.77. The molecular formula is C20H23ClFN5O5. The van der Waals surface area contributed by atoms with Gasteiger partial charge in [0.2, 0.25) is 5.91 Å². The highest BCUT2D eigenvalue weighted by Crippen LogP contribution is 2.28. The molecule has 2 atom stereocenters. The molecule has 172 valence electrons. The number of fused-ring (bicyclic) bond motifs is 1. The zero-order chi connectivity index (χ0) is 23.4. The molecule has 0 spiro atoms. The van der Waals surface area contributed by atoms with Crippen molar-refractivity contribution in [2.75, 3.05) is 20.2 Å². The number of nitrogens with one attached hydrogen (secondary N) is 2. The number of amides is 4. The molecule has 4 amide bonds. The molecule has 4 N–H and O–H groups in total. The van der Waals surface area contributed by atoms with Gasteiger partial charge in [-0.1, -0.05) is 17.7 Å². The van der Waals surface area contributed by atoms with Gasteiger partial charge in [-0.3, -0.25) is 24.6 Å². The van der Waals surface area contributed by atoms with Crippen LogP contribution in [0.25, 0.3) is 10.9 Å². The Bertz CT molecular complexity index is 1040. The summed E-state index contributed by atoms with van der Waals surface area (Å²) in [5.41, 5.74) is 5.90. The van der Waals surface area contributed by atoms with E-state index in [4.69, 9.17) is 22.1 Å². The fourth-order valence-corrected chi connectivity index (χ4v) is 3.74. The van der Waals surface area contributed by atoms with E-state index in [1.54, 1.807) is 24.3 Å². The van der Waals surface area contributed by atoms with E-state index in [1.165, 1.54) is 12.0 Å². The molecule has 1 unspecified atom stereocenters. The summed E-state index contributed by atoms with van der Waals surface area (Å²) in [5, 5.41) is 1.33. The van der Waals surface area contributed by atoms with Gasteiger partial charge in [-0.25, -0.2) is 9.40 Å². The highest BCUT2D eigenvalue weighted by Gasteiger charge is 2.37. The molecule has 10 nitrogen and oxygen atoms in total. The summed E-state index contributed by atoms with van der Waals surface area (Å²) >= 11 is 5.20. The van der Waals surface area contributed by atoms with Crippen molar-refractivity contribution in [3.8, 4) is 5.75 Å². The van der Waals surface area contributed by atoms with Gasteiger partial charge in [0.15, 0.2) is 0 Å². The number of carbonyl (C=O) groups excluding carboxylic acids is 4. The predicted octanol–water partition coefficient (Wildman–Crippen LogP) is 1.05. The number of hydrazine groups is 1. The number of H-pyrrole nitrogens is 1. The van der Waals surface area contributed by atoms with Crippen LogP contribution in [0, 0.1) is 0 Å². The van der Waals surface area contributed by atoms with E-state index in [1.807, 2.05) is 0 Å². The Morgan fingerprint density at radius 1 is 1.41 bits per heavy atom. The third kappa shape index (κ3) is 4.93. The zero-order valence-electron chi connectivity index (χ0n) is 17.3. The number of nitrogens with two attached hydrogens (primary N) is 1. The van der Waals surface area contributed by atoms with Crippen molar-refractivity contribution in [1.29, 1.82) is 0 Å². The molecule has 0 aliphatic carbocycles. The van der Waals surface area contributed by atoms with Crippen LogP contribution in [0.15, 0.2) is 24.3 Å². The summed E-state index contributed by atoms with van der Waals surface area (Å²) in [6.07, 6.45) is 0.600. The number of aromatic amines is 1. The molecule has 3 rings (SSSR count). The number of benzene rings is 1. The minimum atomic E-state index is -2.41. The summed E-state index contributed by atoms with van der Waals surface area (Å²) in [6, 6.07) is 6.10. The van der Waals surface area contributed by atoms with E-state index >= 15 is 0 Å². The van der Waals surface area contributed by atoms with Gasteiger partial charge in [-0.15, -0.1) is 0 Å². The topological polar surface area (TPSA) is 138 Å². The first-order valence-corrected chi connectivity index (χ1v) is 10.3. The quantitative estimate of drug-likeness (QED) is 0.413. The molecule has 1 fully saturated rings.